The van der Waals surface area contributed by atoms with Crippen molar-refractivity contribution in [1.29, 1.82) is 0 Å². The van der Waals surface area contributed by atoms with Crippen LogP contribution in [0.3, 0.4) is 0 Å². The van der Waals surface area contributed by atoms with Crippen molar-refractivity contribution >= 4 is 11.8 Å². The fourth-order valence-electron chi connectivity index (χ4n) is 3.27. The quantitative estimate of drug-likeness (QED) is 0.432. The van der Waals surface area contributed by atoms with Crippen LogP contribution in [0.5, 0.6) is 0 Å². The lowest BCUT2D eigenvalue weighted by molar-refractivity contribution is 0.0755. The third-order valence-corrected chi connectivity index (χ3v) is 4.89. The first-order valence-corrected chi connectivity index (χ1v) is 11.5. The van der Waals surface area contributed by atoms with E-state index in [4.69, 9.17) is 14.9 Å². The second kappa shape index (κ2) is 13.6. The Morgan fingerprint density at radius 1 is 1.12 bits per heavy atom. The molecule has 32 heavy (non-hydrogen) atoms. The average molecular weight is 445 g/mol. The standard InChI is InChI=1S/C24H36N4O4/c1-4-7-11-31-17-21(25)16-27-22(29)18-13-19(23-26-8-12-32-23)15-20(14-18)24(30)28(9-5-2)10-6-3/h8,12-15,21H,4-7,9-11,16-17,25H2,1-3H3,(H,27,29). The maximum Gasteiger partial charge on any atom is 0.253 e. The smallest absolute Gasteiger partial charge is 0.253 e. The predicted molar refractivity (Wildman–Crippen MR) is 124 cm³/mol. The minimum absolute atomic E-state index is 0.114. The van der Waals surface area contributed by atoms with E-state index in [1.807, 2.05) is 13.8 Å². The van der Waals surface area contributed by atoms with E-state index >= 15 is 0 Å². The second-order valence-electron chi connectivity index (χ2n) is 7.83. The molecule has 1 unspecified atom stereocenters. The molecule has 2 rings (SSSR count). The molecule has 1 atom stereocenters. The van der Waals surface area contributed by atoms with E-state index in [2.05, 4.69) is 17.2 Å². The summed E-state index contributed by atoms with van der Waals surface area (Å²) in [6.45, 7) is 8.79. The Bertz CT molecular complexity index is 833. The van der Waals surface area contributed by atoms with Crippen LogP contribution in [0.4, 0.5) is 0 Å². The van der Waals surface area contributed by atoms with E-state index in [0.29, 0.717) is 48.9 Å². The molecule has 0 spiro atoms. The van der Waals surface area contributed by atoms with Gasteiger partial charge in [0.25, 0.3) is 11.8 Å². The summed E-state index contributed by atoms with van der Waals surface area (Å²) in [6.07, 6.45) is 6.75. The molecule has 0 saturated carbocycles. The van der Waals surface area contributed by atoms with Crippen LogP contribution in [0.25, 0.3) is 11.5 Å². The van der Waals surface area contributed by atoms with Crippen molar-refractivity contribution in [2.24, 2.45) is 5.73 Å². The van der Waals surface area contributed by atoms with Crippen LogP contribution in [0.15, 0.2) is 35.1 Å². The van der Waals surface area contributed by atoms with Crippen molar-refractivity contribution in [2.45, 2.75) is 52.5 Å². The van der Waals surface area contributed by atoms with Crippen LogP contribution in [0, 0.1) is 0 Å². The van der Waals surface area contributed by atoms with E-state index in [0.717, 1.165) is 25.7 Å². The van der Waals surface area contributed by atoms with Gasteiger partial charge in [-0.05, 0) is 37.5 Å². The lowest BCUT2D eigenvalue weighted by Gasteiger charge is -2.22. The molecule has 8 heteroatoms. The lowest BCUT2D eigenvalue weighted by Crippen LogP contribution is -2.40. The van der Waals surface area contributed by atoms with E-state index < -0.39 is 0 Å². The highest BCUT2D eigenvalue weighted by atomic mass is 16.5. The summed E-state index contributed by atoms with van der Waals surface area (Å²) in [4.78, 5) is 32.0. The van der Waals surface area contributed by atoms with Crippen LogP contribution >= 0.6 is 0 Å². The minimum Gasteiger partial charge on any atom is -0.445 e. The van der Waals surface area contributed by atoms with Gasteiger partial charge in [-0.3, -0.25) is 9.59 Å². The summed E-state index contributed by atoms with van der Waals surface area (Å²) in [7, 11) is 0. The molecule has 1 aromatic heterocycles. The third-order valence-electron chi connectivity index (χ3n) is 4.89. The van der Waals surface area contributed by atoms with Gasteiger partial charge in [-0.25, -0.2) is 4.98 Å². The summed E-state index contributed by atoms with van der Waals surface area (Å²) in [5.41, 5.74) is 7.41. The molecule has 1 heterocycles. The van der Waals surface area contributed by atoms with Crippen LogP contribution in [0.2, 0.25) is 0 Å². The van der Waals surface area contributed by atoms with Crippen LogP contribution < -0.4 is 11.1 Å². The molecule has 2 aromatic rings. The largest absolute Gasteiger partial charge is 0.445 e. The van der Waals surface area contributed by atoms with Gasteiger partial charge in [0.2, 0.25) is 5.89 Å². The maximum absolute atomic E-state index is 13.2. The first kappa shape index (κ1) is 25.5. The number of aromatic nitrogens is 1. The van der Waals surface area contributed by atoms with Gasteiger partial charge in [-0.2, -0.15) is 0 Å². The Hall–Kier alpha value is -2.71. The molecular formula is C24H36N4O4. The van der Waals surface area contributed by atoms with E-state index in [1.165, 1.54) is 12.5 Å². The summed E-state index contributed by atoms with van der Waals surface area (Å²) in [5, 5.41) is 2.84. The maximum atomic E-state index is 13.2. The van der Waals surface area contributed by atoms with Crippen molar-refractivity contribution in [3.8, 4) is 11.5 Å². The molecule has 3 N–H and O–H groups in total. The Balaban J connectivity index is 2.18. The zero-order valence-corrected chi connectivity index (χ0v) is 19.4. The van der Waals surface area contributed by atoms with Gasteiger partial charge in [0.15, 0.2) is 0 Å². The number of hydrogen-bond acceptors (Lipinski definition) is 6. The van der Waals surface area contributed by atoms with Gasteiger partial charge in [-0.15, -0.1) is 0 Å². The van der Waals surface area contributed by atoms with Gasteiger partial charge >= 0.3 is 0 Å². The van der Waals surface area contributed by atoms with Gasteiger partial charge < -0.3 is 25.1 Å². The van der Waals surface area contributed by atoms with Gasteiger partial charge in [0.05, 0.1) is 12.8 Å². The number of unbranched alkanes of at least 4 members (excludes halogenated alkanes) is 1. The third kappa shape index (κ3) is 7.76. The number of amides is 2. The molecule has 0 bridgehead atoms. The number of ether oxygens (including phenoxy) is 1. The predicted octanol–water partition coefficient (Wildman–Crippen LogP) is 3.48. The summed E-state index contributed by atoms with van der Waals surface area (Å²) in [6, 6.07) is 4.70. The molecule has 176 valence electrons. The Morgan fingerprint density at radius 3 is 2.47 bits per heavy atom. The molecule has 1 aromatic carbocycles. The molecule has 2 amide bonds. The second-order valence-corrected chi connectivity index (χ2v) is 7.83. The normalized spacial score (nSPS) is 11.9. The fraction of sp³-hybridized carbons (Fsp3) is 0.542. The minimum atomic E-state index is -0.311. The van der Waals surface area contributed by atoms with Crippen molar-refractivity contribution in [3.63, 3.8) is 0 Å². The van der Waals surface area contributed by atoms with E-state index in [9.17, 15) is 9.59 Å². The summed E-state index contributed by atoms with van der Waals surface area (Å²) in [5.74, 6) is -0.0709. The summed E-state index contributed by atoms with van der Waals surface area (Å²) >= 11 is 0. The Kier molecular flexibility index (Phi) is 10.9. The molecule has 0 fully saturated rings. The number of oxazole rings is 1. The molecule has 0 saturated heterocycles. The number of nitrogens with zero attached hydrogens (tertiary/aromatic N) is 2. The van der Waals surface area contributed by atoms with Gasteiger partial charge in [0, 0.05) is 49.0 Å². The van der Waals surface area contributed by atoms with Crippen molar-refractivity contribution in [3.05, 3.63) is 41.8 Å². The number of hydrogen-bond donors (Lipinski definition) is 2. The number of carbonyl (C=O) groups is 2. The number of nitrogens with two attached hydrogens (primary N) is 1. The highest BCUT2D eigenvalue weighted by Crippen LogP contribution is 2.22. The molecule has 0 radical (unpaired) electrons. The molecule has 0 aliphatic heterocycles. The van der Waals surface area contributed by atoms with Crippen LogP contribution in [-0.4, -0.2) is 60.6 Å². The number of carbonyl (C=O) groups excluding carboxylic acids is 2. The molecule has 0 aliphatic rings. The van der Waals surface area contributed by atoms with Crippen LogP contribution in [0.1, 0.15) is 67.2 Å². The molecular weight excluding hydrogens is 408 g/mol. The Morgan fingerprint density at radius 2 is 1.84 bits per heavy atom. The van der Waals surface area contributed by atoms with Crippen LogP contribution in [-0.2, 0) is 4.74 Å². The first-order chi connectivity index (χ1) is 15.5. The first-order valence-electron chi connectivity index (χ1n) is 11.5. The zero-order chi connectivity index (χ0) is 23.3. The topological polar surface area (TPSA) is 111 Å². The number of rotatable bonds is 14. The number of nitrogens with one attached hydrogen (secondary N) is 1. The van der Waals surface area contributed by atoms with Crippen molar-refractivity contribution < 1.29 is 18.7 Å². The highest BCUT2D eigenvalue weighted by Gasteiger charge is 2.19. The summed E-state index contributed by atoms with van der Waals surface area (Å²) < 4.78 is 10.9. The molecule has 0 aliphatic carbocycles. The van der Waals surface area contributed by atoms with Crippen molar-refractivity contribution in [1.82, 2.24) is 15.2 Å². The van der Waals surface area contributed by atoms with E-state index in [1.54, 1.807) is 23.1 Å². The van der Waals surface area contributed by atoms with E-state index in [-0.39, 0.29) is 24.4 Å². The monoisotopic (exact) mass is 444 g/mol. The van der Waals surface area contributed by atoms with Gasteiger partial charge in [0.1, 0.15) is 6.26 Å². The highest BCUT2D eigenvalue weighted by molar-refractivity contribution is 6.01. The van der Waals surface area contributed by atoms with Gasteiger partial charge in [-0.1, -0.05) is 27.2 Å². The Labute approximate surface area is 190 Å². The fourth-order valence-corrected chi connectivity index (χ4v) is 3.27. The van der Waals surface area contributed by atoms with Crippen molar-refractivity contribution in [2.75, 3.05) is 32.8 Å². The molecule has 8 nitrogen and oxygen atoms in total. The SMILES string of the molecule is CCCCOCC(N)CNC(=O)c1cc(C(=O)N(CCC)CCC)cc(-c2ncco2)c1. The zero-order valence-electron chi connectivity index (χ0n) is 19.4. The average Bonchev–Trinajstić information content (AvgIpc) is 3.34. The number of benzene rings is 1. The lowest BCUT2D eigenvalue weighted by atomic mass is 10.0.